The normalized spacial score (nSPS) is 11.8. The van der Waals surface area contributed by atoms with Crippen LogP contribution in [0, 0.1) is 0 Å². The molecule has 0 bridgehead atoms. The first-order valence-corrected chi connectivity index (χ1v) is 7.54. The zero-order chi connectivity index (χ0) is 15.0. The van der Waals surface area contributed by atoms with E-state index in [4.69, 9.17) is 21.4 Å². The van der Waals surface area contributed by atoms with Gasteiger partial charge in [-0.05, 0) is 23.8 Å². The maximum Gasteiger partial charge on any atom is 0.329 e. The van der Waals surface area contributed by atoms with Gasteiger partial charge in [-0.15, -0.1) is 0 Å². The molecule has 0 fully saturated rings. The summed E-state index contributed by atoms with van der Waals surface area (Å²) in [6.07, 6.45) is 1.43. The van der Waals surface area contributed by atoms with Gasteiger partial charge in [0.15, 0.2) is 0 Å². The lowest BCUT2D eigenvalue weighted by Gasteiger charge is -2.03. The third-order valence-electron chi connectivity index (χ3n) is 2.08. The summed E-state index contributed by atoms with van der Waals surface area (Å²) in [7, 11) is -3.58. The number of carboxylic acid groups (broad SMARTS) is 1. The van der Waals surface area contributed by atoms with Crippen LogP contribution in [0.25, 0.3) is 6.08 Å². The Labute approximate surface area is 122 Å². The van der Waals surface area contributed by atoms with Crippen LogP contribution < -0.4 is 4.72 Å². The number of carbonyl (C=O) groups is 1. The zero-order valence-electron chi connectivity index (χ0n) is 10.5. The van der Waals surface area contributed by atoms with Gasteiger partial charge in [-0.25, -0.2) is 17.9 Å². The van der Waals surface area contributed by atoms with Gasteiger partial charge in [-0.3, -0.25) is 0 Å². The van der Waals surface area contributed by atoms with E-state index in [-0.39, 0.29) is 13.2 Å². The molecule has 1 aromatic carbocycles. The van der Waals surface area contributed by atoms with E-state index in [1.54, 1.807) is 24.3 Å². The Morgan fingerprint density at radius 1 is 1.35 bits per heavy atom. The number of sulfonamides is 1. The van der Waals surface area contributed by atoms with E-state index in [1.165, 1.54) is 6.08 Å². The summed E-state index contributed by atoms with van der Waals surface area (Å²) in [4.78, 5) is 10.2. The van der Waals surface area contributed by atoms with Crippen LogP contribution in [0.5, 0.6) is 0 Å². The Balaban J connectivity index is 2.41. The van der Waals surface area contributed by atoms with Gasteiger partial charge in [0.05, 0.1) is 6.61 Å². The van der Waals surface area contributed by atoms with Crippen LogP contribution in [0.3, 0.4) is 0 Å². The van der Waals surface area contributed by atoms with Crippen molar-refractivity contribution < 1.29 is 23.1 Å². The molecule has 0 aromatic heterocycles. The van der Waals surface area contributed by atoms with Crippen molar-refractivity contribution in [2.45, 2.75) is 0 Å². The monoisotopic (exact) mass is 319 g/mol. The molecule has 1 rings (SSSR count). The molecule has 1 aromatic rings. The predicted molar refractivity (Wildman–Crippen MR) is 75.9 cm³/mol. The van der Waals surface area contributed by atoms with Gasteiger partial charge >= 0.3 is 5.97 Å². The first-order valence-electron chi connectivity index (χ1n) is 5.62. The highest BCUT2D eigenvalue weighted by Crippen LogP contribution is 2.10. The van der Waals surface area contributed by atoms with Crippen molar-refractivity contribution in [2.24, 2.45) is 0 Å². The molecule has 0 aliphatic carbocycles. The molecule has 0 spiro atoms. The lowest BCUT2D eigenvalue weighted by Crippen LogP contribution is -2.26. The number of hydrogen-bond acceptors (Lipinski definition) is 4. The lowest BCUT2D eigenvalue weighted by atomic mass is 10.2. The summed E-state index contributed by atoms with van der Waals surface area (Å²) >= 11 is 5.71. The summed E-state index contributed by atoms with van der Waals surface area (Å²) < 4.78 is 30.1. The van der Waals surface area contributed by atoms with E-state index in [0.717, 1.165) is 5.41 Å². The molecule has 0 atom stereocenters. The van der Waals surface area contributed by atoms with Crippen LogP contribution in [0.4, 0.5) is 0 Å². The quantitative estimate of drug-likeness (QED) is 0.705. The largest absolute Gasteiger partial charge is 0.480 e. The van der Waals surface area contributed by atoms with Crippen LogP contribution in [0.1, 0.15) is 5.56 Å². The molecule has 0 unspecified atom stereocenters. The highest BCUT2D eigenvalue weighted by atomic mass is 35.5. The second-order valence-electron chi connectivity index (χ2n) is 3.74. The molecule has 0 saturated carbocycles. The third-order valence-corrected chi connectivity index (χ3v) is 3.44. The van der Waals surface area contributed by atoms with Crippen molar-refractivity contribution >= 4 is 33.7 Å². The Morgan fingerprint density at radius 3 is 2.60 bits per heavy atom. The Morgan fingerprint density at radius 2 is 2.00 bits per heavy atom. The van der Waals surface area contributed by atoms with Crippen LogP contribution >= 0.6 is 11.6 Å². The number of halogens is 1. The smallest absolute Gasteiger partial charge is 0.329 e. The zero-order valence-corrected chi connectivity index (χ0v) is 12.0. The van der Waals surface area contributed by atoms with Gasteiger partial charge < -0.3 is 9.84 Å². The van der Waals surface area contributed by atoms with E-state index >= 15 is 0 Å². The molecule has 0 aliphatic heterocycles. The fourth-order valence-electron chi connectivity index (χ4n) is 1.21. The van der Waals surface area contributed by atoms with Gasteiger partial charge in [0, 0.05) is 17.0 Å². The Hall–Kier alpha value is -1.41. The molecule has 6 nitrogen and oxygen atoms in total. The van der Waals surface area contributed by atoms with E-state index in [2.05, 4.69) is 4.72 Å². The minimum atomic E-state index is -3.58. The highest BCUT2D eigenvalue weighted by molar-refractivity contribution is 7.92. The maximum atomic E-state index is 11.6. The molecule has 110 valence electrons. The van der Waals surface area contributed by atoms with Crippen LogP contribution in [-0.4, -0.2) is 39.3 Å². The summed E-state index contributed by atoms with van der Waals surface area (Å²) in [6, 6.07) is 6.68. The van der Waals surface area contributed by atoms with Crippen molar-refractivity contribution in [3.63, 3.8) is 0 Å². The average molecular weight is 320 g/mol. The molecule has 8 heteroatoms. The number of ether oxygens (including phenoxy) is 1. The van der Waals surface area contributed by atoms with E-state index < -0.39 is 22.6 Å². The van der Waals surface area contributed by atoms with Crippen molar-refractivity contribution in [1.29, 1.82) is 0 Å². The van der Waals surface area contributed by atoms with Crippen molar-refractivity contribution in [3.05, 3.63) is 40.3 Å². The van der Waals surface area contributed by atoms with Crippen LogP contribution in [0.15, 0.2) is 29.7 Å². The molecular formula is C12H14ClNO5S. The number of nitrogens with one attached hydrogen (secondary N) is 1. The SMILES string of the molecule is O=C(O)COCCNS(=O)(=O)C=Cc1ccc(Cl)cc1. The van der Waals surface area contributed by atoms with E-state index in [1.807, 2.05) is 0 Å². The average Bonchev–Trinajstić information content (AvgIpc) is 2.37. The molecule has 2 N–H and O–H groups in total. The van der Waals surface area contributed by atoms with Crippen molar-refractivity contribution in [3.8, 4) is 0 Å². The lowest BCUT2D eigenvalue weighted by molar-refractivity contribution is -0.142. The minimum Gasteiger partial charge on any atom is -0.480 e. The number of rotatable bonds is 8. The van der Waals surface area contributed by atoms with Gasteiger partial charge in [0.1, 0.15) is 6.61 Å². The van der Waals surface area contributed by atoms with E-state index in [9.17, 15) is 13.2 Å². The molecule has 0 radical (unpaired) electrons. The van der Waals surface area contributed by atoms with Crippen molar-refractivity contribution in [2.75, 3.05) is 19.8 Å². The predicted octanol–water partition coefficient (Wildman–Crippen LogP) is 1.33. The van der Waals surface area contributed by atoms with Gasteiger partial charge in [-0.1, -0.05) is 23.7 Å². The number of carboxylic acids is 1. The fraction of sp³-hybridized carbons (Fsp3) is 0.250. The topological polar surface area (TPSA) is 92.7 Å². The molecule has 20 heavy (non-hydrogen) atoms. The second-order valence-corrected chi connectivity index (χ2v) is 5.83. The first kappa shape index (κ1) is 16.6. The number of hydrogen-bond donors (Lipinski definition) is 2. The van der Waals surface area contributed by atoms with Gasteiger partial charge in [0.2, 0.25) is 10.0 Å². The van der Waals surface area contributed by atoms with E-state index in [0.29, 0.717) is 10.6 Å². The maximum absolute atomic E-state index is 11.6. The van der Waals surface area contributed by atoms with Crippen LogP contribution in [0.2, 0.25) is 5.02 Å². The summed E-state index contributed by atoms with van der Waals surface area (Å²) in [6.45, 7) is -0.469. The highest BCUT2D eigenvalue weighted by Gasteiger charge is 2.04. The molecule has 0 aliphatic rings. The number of benzene rings is 1. The Kier molecular flexibility index (Phi) is 6.66. The first-order chi connectivity index (χ1) is 9.39. The summed E-state index contributed by atoms with van der Waals surface area (Å²) in [5, 5.41) is 9.91. The second kappa shape index (κ2) is 8.01. The summed E-state index contributed by atoms with van der Waals surface area (Å²) in [5.41, 5.74) is 0.696. The minimum absolute atomic E-state index is 0.000567. The van der Waals surface area contributed by atoms with Gasteiger partial charge in [0.25, 0.3) is 0 Å². The number of aliphatic carboxylic acids is 1. The molecule has 0 saturated heterocycles. The third kappa shape index (κ3) is 7.25. The van der Waals surface area contributed by atoms with Crippen LogP contribution in [-0.2, 0) is 19.6 Å². The molecule has 0 heterocycles. The standard InChI is InChI=1S/C12H14ClNO5S/c13-11-3-1-10(2-4-11)5-8-20(17,18)14-6-7-19-9-12(15)16/h1-5,8,14H,6-7,9H2,(H,15,16). The Bertz CT molecular complexity index is 568. The molecule has 0 amide bonds. The summed E-state index contributed by atoms with van der Waals surface area (Å²) in [5.74, 6) is -1.10. The molecular weight excluding hydrogens is 306 g/mol. The van der Waals surface area contributed by atoms with Gasteiger partial charge in [-0.2, -0.15) is 0 Å². The van der Waals surface area contributed by atoms with Crippen molar-refractivity contribution in [1.82, 2.24) is 4.72 Å². The fourth-order valence-corrected chi connectivity index (χ4v) is 2.13.